The molecular formula is C8H9N3O. The molecule has 0 saturated heterocycles. The van der Waals surface area contributed by atoms with E-state index < -0.39 is 0 Å². The van der Waals surface area contributed by atoms with Gasteiger partial charge < -0.3 is 4.74 Å². The normalized spacial score (nSPS) is 10.5. The summed E-state index contributed by atoms with van der Waals surface area (Å²) in [5.74, 6) is 0.711. The monoisotopic (exact) mass is 163 g/mol. The minimum Gasteiger partial charge on any atom is -0.481 e. The minimum absolute atomic E-state index is 0.711. The third-order valence-electron chi connectivity index (χ3n) is 1.66. The van der Waals surface area contributed by atoms with E-state index in [0.29, 0.717) is 5.88 Å². The van der Waals surface area contributed by atoms with E-state index in [9.17, 15) is 0 Å². The van der Waals surface area contributed by atoms with Crippen LogP contribution >= 0.6 is 0 Å². The zero-order valence-electron chi connectivity index (χ0n) is 6.98. The van der Waals surface area contributed by atoms with Gasteiger partial charge in [-0.25, -0.2) is 4.98 Å². The molecule has 0 aromatic carbocycles. The SMILES string of the molecule is COc1cc(C)nc2ccnn12. The zero-order chi connectivity index (χ0) is 8.55. The minimum atomic E-state index is 0.711. The predicted molar refractivity (Wildman–Crippen MR) is 44.3 cm³/mol. The quantitative estimate of drug-likeness (QED) is 0.630. The highest BCUT2D eigenvalue weighted by Crippen LogP contribution is 2.12. The Bertz CT molecular complexity index is 408. The van der Waals surface area contributed by atoms with Gasteiger partial charge in [-0.3, -0.25) is 0 Å². The van der Waals surface area contributed by atoms with Crippen LogP contribution in [0.3, 0.4) is 0 Å². The van der Waals surface area contributed by atoms with Gasteiger partial charge >= 0.3 is 0 Å². The van der Waals surface area contributed by atoms with Crippen molar-refractivity contribution in [2.75, 3.05) is 7.11 Å². The van der Waals surface area contributed by atoms with E-state index in [2.05, 4.69) is 10.1 Å². The molecule has 0 bridgehead atoms. The molecule has 0 saturated carbocycles. The van der Waals surface area contributed by atoms with Crippen LogP contribution in [-0.4, -0.2) is 21.7 Å². The van der Waals surface area contributed by atoms with E-state index in [1.54, 1.807) is 17.8 Å². The molecule has 4 heteroatoms. The highest BCUT2D eigenvalue weighted by Gasteiger charge is 2.02. The fourth-order valence-corrected chi connectivity index (χ4v) is 1.15. The number of ether oxygens (including phenoxy) is 1. The maximum Gasteiger partial charge on any atom is 0.217 e. The van der Waals surface area contributed by atoms with Crippen LogP contribution in [0.25, 0.3) is 5.65 Å². The molecule has 0 N–H and O–H groups in total. The average molecular weight is 163 g/mol. The number of rotatable bonds is 1. The molecule has 0 radical (unpaired) electrons. The lowest BCUT2D eigenvalue weighted by atomic mass is 10.4. The molecule has 0 aliphatic carbocycles. The van der Waals surface area contributed by atoms with Crippen LogP contribution in [0, 0.1) is 6.92 Å². The van der Waals surface area contributed by atoms with Crippen molar-refractivity contribution < 1.29 is 4.74 Å². The lowest BCUT2D eigenvalue weighted by Crippen LogP contribution is -1.98. The van der Waals surface area contributed by atoms with Crippen molar-refractivity contribution in [3.63, 3.8) is 0 Å². The summed E-state index contributed by atoms with van der Waals surface area (Å²) in [4.78, 5) is 4.26. The third-order valence-corrected chi connectivity index (χ3v) is 1.66. The van der Waals surface area contributed by atoms with Gasteiger partial charge in [0.05, 0.1) is 13.3 Å². The largest absolute Gasteiger partial charge is 0.481 e. The Labute approximate surface area is 69.8 Å². The third kappa shape index (κ3) is 0.922. The van der Waals surface area contributed by atoms with Gasteiger partial charge in [-0.2, -0.15) is 9.61 Å². The van der Waals surface area contributed by atoms with E-state index in [4.69, 9.17) is 4.74 Å². The highest BCUT2D eigenvalue weighted by atomic mass is 16.5. The molecule has 0 atom stereocenters. The Morgan fingerprint density at radius 1 is 1.50 bits per heavy atom. The lowest BCUT2D eigenvalue weighted by Gasteiger charge is -2.02. The summed E-state index contributed by atoms with van der Waals surface area (Å²) in [6.07, 6.45) is 1.70. The van der Waals surface area contributed by atoms with Crippen molar-refractivity contribution in [1.82, 2.24) is 14.6 Å². The van der Waals surface area contributed by atoms with Crippen LogP contribution in [0.1, 0.15) is 5.69 Å². The summed E-state index contributed by atoms with van der Waals surface area (Å²) in [5, 5.41) is 4.06. The van der Waals surface area contributed by atoms with Crippen LogP contribution < -0.4 is 4.74 Å². The van der Waals surface area contributed by atoms with Crippen molar-refractivity contribution in [1.29, 1.82) is 0 Å². The first kappa shape index (κ1) is 7.09. The molecule has 4 nitrogen and oxygen atoms in total. The molecule has 0 unspecified atom stereocenters. The molecule has 2 aromatic rings. The summed E-state index contributed by atoms with van der Waals surface area (Å²) >= 11 is 0. The number of aryl methyl sites for hydroxylation is 1. The molecule has 12 heavy (non-hydrogen) atoms. The molecule has 0 aliphatic heterocycles. The van der Waals surface area contributed by atoms with Crippen LogP contribution in [0.4, 0.5) is 0 Å². The maximum atomic E-state index is 5.13. The van der Waals surface area contributed by atoms with Crippen molar-refractivity contribution >= 4 is 5.65 Å². The summed E-state index contributed by atoms with van der Waals surface area (Å²) in [5.41, 5.74) is 1.74. The summed E-state index contributed by atoms with van der Waals surface area (Å²) in [6.45, 7) is 1.93. The van der Waals surface area contributed by atoms with E-state index in [1.165, 1.54) is 0 Å². The first-order valence-corrected chi connectivity index (χ1v) is 3.66. The van der Waals surface area contributed by atoms with Crippen LogP contribution in [0.5, 0.6) is 5.88 Å². The van der Waals surface area contributed by atoms with Crippen LogP contribution in [-0.2, 0) is 0 Å². The van der Waals surface area contributed by atoms with Gasteiger partial charge in [-0.15, -0.1) is 0 Å². The summed E-state index contributed by atoms with van der Waals surface area (Å²) in [7, 11) is 1.62. The van der Waals surface area contributed by atoms with Gasteiger partial charge in [0.15, 0.2) is 5.65 Å². The molecular weight excluding hydrogens is 154 g/mol. The van der Waals surface area contributed by atoms with Gasteiger partial charge in [-0.1, -0.05) is 0 Å². The number of methoxy groups -OCH3 is 1. The van der Waals surface area contributed by atoms with Gasteiger partial charge in [0.25, 0.3) is 0 Å². The summed E-state index contributed by atoms with van der Waals surface area (Å²) in [6, 6.07) is 3.69. The highest BCUT2D eigenvalue weighted by molar-refractivity contribution is 5.40. The molecule has 0 aliphatic rings. The fraction of sp³-hybridized carbons (Fsp3) is 0.250. The molecule has 2 rings (SSSR count). The standard InChI is InChI=1S/C8H9N3O/c1-6-5-8(12-2)11-7(10-6)3-4-9-11/h3-5H,1-2H3. The average Bonchev–Trinajstić information content (AvgIpc) is 2.50. The smallest absolute Gasteiger partial charge is 0.217 e. The van der Waals surface area contributed by atoms with Gasteiger partial charge in [-0.05, 0) is 6.92 Å². The maximum absolute atomic E-state index is 5.13. The Morgan fingerprint density at radius 3 is 3.08 bits per heavy atom. The van der Waals surface area contributed by atoms with Gasteiger partial charge in [0.2, 0.25) is 5.88 Å². The van der Waals surface area contributed by atoms with Gasteiger partial charge in [0, 0.05) is 17.8 Å². The van der Waals surface area contributed by atoms with Crippen LogP contribution in [0.2, 0.25) is 0 Å². The van der Waals surface area contributed by atoms with E-state index >= 15 is 0 Å². The van der Waals surface area contributed by atoms with Crippen molar-refractivity contribution in [2.24, 2.45) is 0 Å². The topological polar surface area (TPSA) is 39.4 Å². The Kier molecular flexibility index (Phi) is 1.46. The Hall–Kier alpha value is -1.58. The first-order chi connectivity index (χ1) is 5.81. The fourth-order valence-electron chi connectivity index (χ4n) is 1.15. The number of nitrogens with zero attached hydrogens (tertiary/aromatic N) is 3. The van der Waals surface area contributed by atoms with Crippen molar-refractivity contribution in [3.05, 3.63) is 24.0 Å². The van der Waals surface area contributed by atoms with Gasteiger partial charge in [0.1, 0.15) is 0 Å². The zero-order valence-corrected chi connectivity index (χ0v) is 6.98. The second-order valence-corrected chi connectivity index (χ2v) is 2.54. The Balaban J connectivity index is 2.80. The van der Waals surface area contributed by atoms with Crippen LogP contribution in [0.15, 0.2) is 18.3 Å². The summed E-state index contributed by atoms with van der Waals surface area (Å²) < 4.78 is 6.79. The van der Waals surface area contributed by atoms with E-state index in [1.807, 2.05) is 19.1 Å². The molecule has 2 aromatic heterocycles. The molecule has 0 amide bonds. The number of fused-ring (bicyclic) bond motifs is 1. The molecule has 0 fully saturated rings. The first-order valence-electron chi connectivity index (χ1n) is 3.66. The van der Waals surface area contributed by atoms with E-state index in [0.717, 1.165) is 11.3 Å². The number of hydrogen-bond acceptors (Lipinski definition) is 3. The van der Waals surface area contributed by atoms with Crippen molar-refractivity contribution in [3.8, 4) is 5.88 Å². The second-order valence-electron chi connectivity index (χ2n) is 2.54. The van der Waals surface area contributed by atoms with Crippen molar-refractivity contribution in [2.45, 2.75) is 6.92 Å². The predicted octanol–water partition coefficient (Wildman–Crippen LogP) is 1.05. The number of aromatic nitrogens is 3. The molecule has 62 valence electrons. The van der Waals surface area contributed by atoms with E-state index in [-0.39, 0.29) is 0 Å². The Morgan fingerprint density at radius 2 is 2.33 bits per heavy atom. The second kappa shape index (κ2) is 2.48. The lowest BCUT2D eigenvalue weighted by molar-refractivity contribution is 0.384. The molecule has 0 spiro atoms. The molecule has 2 heterocycles. The number of hydrogen-bond donors (Lipinski definition) is 0.